The van der Waals surface area contributed by atoms with Crippen LogP contribution in [0.5, 0.6) is 0 Å². The van der Waals surface area contributed by atoms with E-state index in [-0.39, 0.29) is 0 Å². The van der Waals surface area contributed by atoms with Gasteiger partial charge in [-0.3, -0.25) is 19.9 Å². The minimum Gasteiger partial charge on any atom is -0.308 e. The number of rotatable bonds is 4. The van der Waals surface area contributed by atoms with Crippen LogP contribution in [-0.2, 0) is 0 Å². The molecule has 6 heterocycles. The Kier molecular flexibility index (Phi) is 6.07. The minimum absolute atomic E-state index is 0.589. The molecular weight excluding hydrogens is 592 g/mol. The van der Waals surface area contributed by atoms with Crippen LogP contribution in [0.4, 0.5) is 0 Å². The van der Waals surface area contributed by atoms with Crippen LogP contribution in [0.25, 0.3) is 77.2 Å². The van der Waals surface area contributed by atoms with Crippen molar-refractivity contribution in [1.82, 2.24) is 29.1 Å². The first-order valence-electron chi connectivity index (χ1n) is 15.3. The molecule has 0 saturated carbocycles. The Balaban J connectivity index is 1.47. The topological polar surface area (TPSA) is 109 Å². The van der Waals surface area contributed by atoms with E-state index in [2.05, 4.69) is 53.3 Å². The molecule has 0 amide bonds. The van der Waals surface area contributed by atoms with Gasteiger partial charge in [-0.05, 0) is 71.8 Å². The molecule has 9 aromatic rings. The van der Waals surface area contributed by atoms with Crippen LogP contribution in [0.3, 0.4) is 0 Å². The molecule has 0 N–H and O–H groups in total. The molecule has 0 saturated heterocycles. The largest absolute Gasteiger partial charge is 0.308 e. The van der Waals surface area contributed by atoms with Crippen LogP contribution < -0.4 is 0 Å². The molecular formula is C40H22N8. The smallest absolute Gasteiger partial charge is 0.0991 e. The molecule has 0 spiro atoms. The summed E-state index contributed by atoms with van der Waals surface area (Å²) in [6.45, 7) is 0. The average Bonchev–Trinajstić information content (AvgIpc) is 3.67. The predicted octanol–water partition coefficient (Wildman–Crippen LogP) is 8.54. The van der Waals surface area contributed by atoms with Crippen molar-refractivity contribution < 1.29 is 0 Å². The molecule has 0 atom stereocenters. The van der Waals surface area contributed by atoms with Crippen molar-refractivity contribution in [2.45, 2.75) is 0 Å². The van der Waals surface area contributed by atoms with Crippen molar-refractivity contribution in [3.8, 4) is 45.8 Å². The van der Waals surface area contributed by atoms with Gasteiger partial charge in [-0.2, -0.15) is 10.5 Å². The van der Waals surface area contributed by atoms with Crippen molar-refractivity contribution in [1.29, 1.82) is 10.5 Å². The number of nitrogens with zero attached hydrogens (tertiary/aromatic N) is 8. The zero-order valence-electron chi connectivity index (χ0n) is 25.3. The fraction of sp³-hybridized carbons (Fsp3) is 0. The van der Waals surface area contributed by atoms with Gasteiger partial charge in [0.1, 0.15) is 0 Å². The van der Waals surface area contributed by atoms with Crippen LogP contribution in [0, 0.1) is 22.7 Å². The predicted molar refractivity (Wildman–Crippen MR) is 187 cm³/mol. The van der Waals surface area contributed by atoms with Crippen molar-refractivity contribution in [3.63, 3.8) is 0 Å². The number of aromatic nitrogens is 6. The second kappa shape index (κ2) is 10.7. The van der Waals surface area contributed by atoms with E-state index in [4.69, 9.17) is 0 Å². The summed E-state index contributed by atoms with van der Waals surface area (Å²) in [4.78, 5) is 17.8. The second-order valence-electron chi connectivity index (χ2n) is 11.5. The van der Waals surface area contributed by atoms with E-state index in [0.29, 0.717) is 11.1 Å². The van der Waals surface area contributed by atoms with E-state index >= 15 is 0 Å². The van der Waals surface area contributed by atoms with Crippen LogP contribution in [0.15, 0.2) is 135 Å². The lowest BCUT2D eigenvalue weighted by Gasteiger charge is -2.21. The van der Waals surface area contributed by atoms with E-state index < -0.39 is 0 Å². The maximum atomic E-state index is 9.61. The molecule has 6 aromatic heterocycles. The highest BCUT2D eigenvalue weighted by molar-refractivity contribution is 6.11. The van der Waals surface area contributed by atoms with Crippen LogP contribution in [0.2, 0.25) is 0 Å². The lowest BCUT2D eigenvalue weighted by molar-refractivity contribution is 1.14. The third-order valence-corrected chi connectivity index (χ3v) is 8.98. The molecule has 0 fully saturated rings. The lowest BCUT2D eigenvalue weighted by atomic mass is 9.94. The number of hydrogen-bond donors (Lipinski definition) is 0. The number of benzene rings is 3. The van der Waals surface area contributed by atoms with Crippen molar-refractivity contribution >= 4 is 43.6 Å². The van der Waals surface area contributed by atoms with Gasteiger partial charge in [-0.1, -0.05) is 24.3 Å². The number of hydrogen-bond acceptors (Lipinski definition) is 6. The first-order valence-corrected chi connectivity index (χ1v) is 15.3. The molecule has 0 bridgehead atoms. The van der Waals surface area contributed by atoms with Crippen LogP contribution >= 0.6 is 0 Å². The lowest BCUT2D eigenvalue weighted by Crippen LogP contribution is -2.04. The highest BCUT2D eigenvalue weighted by Crippen LogP contribution is 2.43. The van der Waals surface area contributed by atoms with Crippen molar-refractivity contribution in [2.75, 3.05) is 0 Å². The van der Waals surface area contributed by atoms with Gasteiger partial charge in [0.05, 0.1) is 56.7 Å². The Morgan fingerprint density at radius 3 is 1.02 bits per heavy atom. The van der Waals surface area contributed by atoms with E-state index in [1.165, 1.54) is 0 Å². The molecule has 0 aliphatic carbocycles. The summed E-state index contributed by atoms with van der Waals surface area (Å²) in [5.74, 6) is 0. The first-order chi connectivity index (χ1) is 23.7. The molecule has 48 heavy (non-hydrogen) atoms. The fourth-order valence-electron chi connectivity index (χ4n) is 6.80. The molecule has 8 nitrogen and oxygen atoms in total. The molecule has 9 rings (SSSR count). The summed E-state index contributed by atoms with van der Waals surface area (Å²) < 4.78 is 4.52. The van der Waals surface area contributed by atoms with E-state index in [1.54, 1.807) is 0 Å². The quantitative estimate of drug-likeness (QED) is 0.197. The Morgan fingerprint density at radius 1 is 0.417 bits per heavy atom. The monoisotopic (exact) mass is 614 g/mol. The van der Waals surface area contributed by atoms with Gasteiger partial charge in [0.15, 0.2) is 0 Å². The summed E-state index contributed by atoms with van der Waals surface area (Å²) >= 11 is 0. The Morgan fingerprint density at radius 2 is 0.729 bits per heavy atom. The molecule has 222 valence electrons. The Bertz CT molecular complexity index is 2490. The van der Waals surface area contributed by atoms with E-state index in [0.717, 1.165) is 77.2 Å². The molecule has 0 aliphatic heterocycles. The van der Waals surface area contributed by atoms with Gasteiger partial charge in [-0.25, -0.2) is 0 Å². The third-order valence-electron chi connectivity index (χ3n) is 8.98. The van der Waals surface area contributed by atoms with Crippen LogP contribution in [0.1, 0.15) is 11.1 Å². The normalized spacial score (nSPS) is 11.3. The molecule has 0 aliphatic rings. The minimum atomic E-state index is 0.589. The van der Waals surface area contributed by atoms with Crippen LogP contribution in [-0.4, -0.2) is 29.1 Å². The molecule has 0 radical (unpaired) electrons. The molecule has 0 unspecified atom stereocenters. The van der Waals surface area contributed by atoms with Gasteiger partial charge in [0.25, 0.3) is 0 Å². The zero-order chi connectivity index (χ0) is 32.2. The third kappa shape index (κ3) is 4.07. The fourth-order valence-corrected chi connectivity index (χ4v) is 6.80. The summed E-state index contributed by atoms with van der Waals surface area (Å²) in [6.07, 6.45) is 14.8. The van der Waals surface area contributed by atoms with Crippen molar-refractivity contribution in [2.24, 2.45) is 0 Å². The maximum absolute atomic E-state index is 9.61. The van der Waals surface area contributed by atoms with Gasteiger partial charge >= 0.3 is 0 Å². The second-order valence-corrected chi connectivity index (χ2v) is 11.5. The summed E-state index contributed by atoms with van der Waals surface area (Å²) in [5, 5.41) is 23.2. The SMILES string of the molecule is N#Cc1ccc(-c2cc(-n3c4ccncc4c4cnccc43)c(-c3ccc(C#N)cc3)cc2-n2c3ccncc3c3cnccc32)cc1. The summed E-state index contributed by atoms with van der Waals surface area (Å²) in [6, 6.07) is 32.5. The molecule has 8 heteroatoms. The highest BCUT2D eigenvalue weighted by Gasteiger charge is 2.22. The first kappa shape index (κ1) is 27.2. The number of fused-ring (bicyclic) bond motifs is 6. The van der Waals surface area contributed by atoms with Crippen molar-refractivity contribution in [3.05, 3.63) is 146 Å². The van der Waals surface area contributed by atoms with E-state index in [1.807, 2.05) is 122 Å². The highest BCUT2D eigenvalue weighted by atomic mass is 15.0. The molecule has 3 aromatic carbocycles. The summed E-state index contributed by atoms with van der Waals surface area (Å²) in [7, 11) is 0. The Hall–Kier alpha value is -7.16. The number of nitriles is 2. The average molecular weight is 615 g/mol. The summed E-state index contributed by atoms with van der Waals surface area (Å²) in [5.41, 5.74) is 10.9. The standard InChI is InChI=1S/C40H22N8/c41-19-25-1-5-27(6-2-25)29-17-40(48-37-11-15-45-23-33(37)34-24-46-16-12-38(34)48)30(28-7-3-26(20-42)4-8-28)18-39(29)47-35-9-13-43-21-31(35)32-22-44-14-10-36(32)47/h1-18,21-24H. The van der Waals surface area contributed by atoms with Gasteiger partial charge in [-0.15, -0.1) is 0 Å². The van der Waals surface area contributed by atoms with Gasteiger partial charge in [0.2, 0.25) is 0 Å². The van der Waals surface area contributed by atoms with Gasteiger partial charge in [0, 0.05) is 82.2 Å². The van der Waals surface area contributed by atoms with E-state index in [9.17, 15) is 10.5 Å². The number of pyridine rings is 4. The Labute approximate surface area is 274 Å². The van der Waals surface area contributed by atoms with Gasteiger partial charge < -0.3 is 9.13 Å². The zero-order valence-corrected chi connectivity index (χ0v) is 25.3. The maximum Gasteiger partial charge on any atom is 0.0991 e.